The first-order chi connectivity index (χ1) is 10.4. The Bertz CT molecular complexity index is 634. The van der Waals surface area contributed by atoms with Crippen LogP contribution >= 0.6 is 11.3 Å². The maximum absolute atomic E-state index is 12.8. The van der Waals surface area contributed by atoms with E-state index in [1.807, 2.05) is 13.0 Å². The molecule has 1 aliphatic heterocycles. The van der Waals surface area contributed by atoms with E-state index in [0.717, 1.165) is 24.1 Å². The molecule has 22 heavy (non-hydrogen) atoms. The average molecular weight is 344 g/mol. The molecule has 0 N–H and O–H groups in total. The van der Waals surface area contributed by atoms with E-state index in [2.05, 4.69) is 13.8 Å². The predicted molar refractivity (Wildman–Crippen MR) is 91.5 cm³/mol. The van der Waals surface area contributed by atoms with Crippen molar-refractivity contribution < 1.29 is 13.2 Å². The maximum atomic E-state index is 12.8. The highest BCUT2D eigenvalue weighted by Crippen LogP contribution is 2.27. The average Bonchev–Trinajstić information content (AvgIpc) is 3.03. The van der Waals surface area contributed by atoms with Gasteiger partial charge in [-0.1, -0.05) is 20.3 Å². The van der Waals surface area contributed by atoms with E-state index in [1.165, 1.54) is 10.4 Å². The largest absolute Gasteiger partial charge is 0.334 e. The van der Waals surface area contributed by atoms with E-state index in [4.69, 9.17) is 0 Å². The molecule has 2 rings (SSSR count). The molecule has 1 unspecified atom stereocenters. The molecule has 1 saturated heterocycles. The Hall–Kier alpha value is -0.880. The number of carbonyl (C=O) groups is 1. The second-order valence-electron chi connectivity index (χ2n) is 5.81. The Balaban J connectivity index is 2.22. The third-order valence-electron chi connectivity index (χ3n) is 4.22. The zero-order valence-corrected chi connectivity index (χ0v) is 15.2. The molecule has 1 fully saturated rings. The lowest BCUT2D eigenvalue weighted by atomic mass is 10.1. The molecule has 0 spiro atoms. The minimum atomic E-state index is -2.97. The number of nitrogens with zero attached hydrogens (tertiary/aromatic N) is 1. The molecular formula is C16H25NO3S2. The summed E-state index contributed by atoms with van der Waals surface area (Å²) in [7, 11) is -2.97. The lowest BCUT2D eigenvalue weighted by Crippen LogP contribution is -2.40. The Morgan fingerprint density at radius 1 is 1.36 bits per heavy atom. The fourth-order valence-electron chi connectivity index (χ4n) is 3.04. The second kappa shape index (κ2) is 7.13. The van der Waals surface area contributed by atoms with Crippen molar-refractivity contribution in [2.24, 2.45) is 0 Å². The summed E-state index contributed by atoms with van der Waals surface area (Å²) in [5.41, 5.74) is 1.25. The van der Waals surface area contributed by atoms with E-state index in [0.29, 0.717) is 13.0 Å². The third-order valence-corrected chi connectivity index (χ3v) is 7.19. The molecule has 4 nitrogen and oxygen atoms in total. The quantitative estimate of drug-likeness (QED) is 0.798. The van der Waals surface area contributed by atoms with Gasteiger partial charge in [0.15, 0.2) is 9.84 Å². The van der Waals surface area contributed by atoms with E-state index in [1.54, 1.807) is 16.2 Å². The van der Waals surface area contributed by atoms with Crippen LogP contribution in [0.3, 0.4) is 0 Å². The Labute approximate surface area is 137 Å². The van der Waals surface area contributed by atoms with Crippen LogP contribution in [0.25, 0.3) is 0 Å². The summed E-state index contributed by atoms with van der Waals surface area (Å²) in [6.07, 6.45) is 3.57. The molecule has 1 aliphatic rings. The minimum Gasteiger partial charge on any atom is -0.334 e. The van der Waals surface area contributed by atoms with Gasteiger partial charge in [0.1, 0.15) is 0 Å². The van der Waals surface area contributed by atoms with E-state index < -0.39 is 9.84 Å². The van der Waals surface area contributed by atoms with Crippen LogP contribution in [0.5, 0.6) is 0 Å². The number of aryl methyl sites for hydroxylation is 2. The van der Waals surface area contributed by atoms with Crippen molar-refractivity contribution in [2.75, 3.05) is 18.1 Å². The molecule has 1 atom stereocenters. The molecule has 0 bridgehead atoms. The molecule has 0 aromatic carbocycles. The van der Waals surface area contributed by atoms with Crippen molar-refractivity contribution in [3.05, 3.63) is 21.4 Å². The first kappa shape index (κ1) is 17.5. The number of sulfone groups is 1. The fraction of sp³-hybridized carbons (Fsp3) is 0.688. The molecule has 0 aliphatic carbocycles. The first-order valence-corrected chi connectivity index (χ1v) is 10.7. The Kier molecular flexibility index (Phi) is 5.66. The monoisotopic (exact) mass is 343 g/mol. The van der Waals surface area contributed by atoms with Crippen LogP contribution in [-0.2, 0) is 22.7 Å². The van der Waals surface area contributed by atoms with Gasteiger partial charge in [0.05, 0.1) is 16.4 Å². The van der Waals surface area contributed by atoms with Crippen molar-refractivity contribution in [2.45, 2.75) is 52.5 Å². The highest BCUT2D eigenvalue weighted by molar-refractivity contribution is 7.91. The molecule has 1 aromatic heterocycles. The van der Waals surface area contributed by atoms with Gasteiger partial charge in [-0.2, -0.15) is 0 Å². The summed E-state index contributed by atoms with van der Waals surface area (Å²) >= 11 is 1.58. The summed E-state index contributed by atoms with van der Waals surface area (Å²) in [5, 5.41) is 0. The van der Waals surface area contributed by atoms with Gasteiger partial charge >= 0.3 is 0 Å². The topological polar surface area (TPSA) is 54.5 Å². The number of hydrogen-bond acceptors (Lipinski definition) is 4. The second-order valence-corrected chi connectivity index (χ2v) is 9.18. The predicted octanol–water partition coefficient (Wildman–Crippen LogP) is 2.91. The van der Waals surface area contributed by atoms with Crippen LogP contribution in [-0.4, -0.2) is 43.3 Å². The van der Waals surface area contributed by atoms with Gasteiger partial charge in [-0.25, -0.2) is 8.42 Å². The van der Waals surface area contributed by atoms with Crippen LogP contribution in [0.15, 0.2) is 6.07 Å². The van der Waals surface area contributed by atoms with Gasteiger partial charge in [0, 0.05) is 17.5 Å². The van der Waals surface area contributed by atoms with Gasteiger partial charge in [-0.3, -0.25) is 4.79 Å². The van der Waals surface area contributed by atoms with Crippen molar-refractivity contribution in [3.8, 4) is 0 Å². The van der Waals surface area contributed by atoms with Crippen LogP contribution < -0.4 is 0 Å². The Morgan fingerprint density at radius 2 is 2.09 bits per heavy atom. The summed E-state index contributed by atoms with van der Waals surface area (Å²) < 4.78 is 23.3. The summed E-state index contributed by atoms with van der Waals surface area (Å²) in [6, 6.07) is 1.84. The van der Waals surface area contributed by atoms with Crippen LogP contribution in [0, 0.1) is 0 Å². The van der Waals surface area contributed by atoms with E-state index in [9.17, 15) is 13.2 Å². The van der Waals surface area contributed by atoms with Gasteiger partial charge in [0.25, 0.3) is 5.91 Å². The SMILES string of the molecule is CCCc1sc(C(=O)N(CC)C2CCS(=O)(=O)C2)cc1CC. The van der Waals surface area contributed by atoms with Gasteiger partial charge in [0.2, 0.25) is 0 Å². The molecule has 2 heterocycles. The maximum Gasteiger partial charge on any atom is 0.264 e. The Morgan fingerprint density at radius 3 is 2.59 bits per heavy atom. The molecule has 124 valence electrons. The van der Waals surface area contributed by atoms with Crippen LogP contribution in [0.1, 0.15) is 53.7 Å². The van der Waals surface area contributed by atoms with Gasteiger partial charge in [-0.05, 0) is 37.8 Å². The van der Waals surface area contributed by atoms with Crippen molar-refractivity contribution >= 4 is 27.1 Å². The number of thiophene rings is 1. The highest BCUT2D eigenvalue weighted by atomic mass is 32.2. The highest BCUT2D eigenvalue weighted by Gasteiger charge is 2.34. The molecule has 0 radical (unpaired) electrons. The van der Waals surface area contributed by atoms with Crippen LogP contribution in [0.2, 0.25) is 0 Å². The zero-order valence-electron chi connectivity index (χ0n) is 13.6. The molecule has 0 saturated carbocycles. The summed E-state index contributed by atoms with van der Waals surface area (Å²) in [6.45, 7) is 6.73. The molecule has 1 amide bonds. The first-order valence-electron chi connectivity index (χ1n) is 8.04. The molecule has 6 heteroatoms. The third kappa shape index (κ3) is 3.71. The van der Waals surface area contributed by atoms with E-state index >= 15 is 0 Å². The van der Waals surface area contributed by atoms with Gasteiger partial charge in [-0.15, -0.1) is 11.3 Å². The van der Waals surface area contributed by atoms with Gasteiger partial charge < -0.3 is 4.90 Å². The number of amides is 1. The number of rotatable bonds is 6. The zero-order chi connectivity index (χ0) is 16.3. The molecular weight excluding hydrogens is 318 g/mol. The normalized spacial score (nSPS) is 20.2. The van der Waals surface area contributed by atoms with Crippen molar-refractivity contribution in [1.29, 1.82) is 0 Å². The number of hydrogen-bond donors (Lipinski definition) is 0. The molecule has 1 aromatic rings. The van der Waals surface area contributed by atoms with Crippen molar-refractivity contribution in [1.82, 2.24) is 4.90 Å². The number of carbonyl (C=O) groups excluding carboxylic acids is 1. The fourth-order valence-corrected chi connectivity index (χ4v) is 6.08. The lowest BCUT2D eigenvalue weighted by molar-refractivity contribution is 0.0713. The van der Waals surface area contributed by atoms with Crippen LogP contribution in [0.4, 0.5) is 0 Å². The lowest BCUT2D eigenvalue weighted by Gasteiger charge is -2.26. The smallest absolute Gasteiger partial charge is 0.264 e. The minimum absolute atomic E-state index is 0.00773. The summed E-state index contributed by atoms with van der Waals surface area (Å²) in [5.74, 6) is 0.305. The van der Waals surface area contributed by atoms with E-state index in [-0.39, 0.29) is 23.5 Å². The summed E-state index contributed by atoms with van der Waals surface area (Å²) in [4.78, 5) is 16.6. The van der Waals surface area contributed by atoms with Crippen molar-refractivity contribution in [3.63, 3.8) is 0 Å². The standard InChI is InChI=1S/C16H25NO3S2/c1-4-7-14-12(5-2)10-15(21-14)16(18)17(6-3)13-8-9-22(19,20)11-13/h10,13H,4-9,11H2,1-3H3.